The molecule has 3 atom stereocenters. The zero-order valence-corrected chi connectivity index (χ0v) is 17.5. The van der Waals surface area contributed by atoms with E-state index in [0.717, 1.165) is 40.6 Å². The van der Waals surface area contributed by atoms with Crippen molar-refractivity contribution in [1.29, 1.82) is 0 Å². The third-order valence-electron chi connectivity index (χ3n) is 8.02. The normalized spacial score (nSPS) is 28.8. The second kappa shape index (κ2) is 6.05. The van der Waals surface area contributed by atoms with Gasteiger partial charge in [-0.25, -0.2) is 9.50 Å². The number of carbonyl (C=O) groups excluding carboxylic acids is 1. The van der Waals surface area contributed by atoms with Crippen LogP contribution in [0.15, 0.2) is 6.07 Å². The average Bonchev–Trinajstić information content (AvgIpc) is 3.12. The van der Waals surface area contributed by atoms with Gasteiger partial charge in [-0.3, -0.25) is 4.79 Å². The zero-order valence-electron chi connectivity index (χ0n) is 17.5. The van der Waals surface area contributed by atoms with E-state index in [4.69, 9.17) is 0 Å². The summed E-state index contributed by atoms with van der Waals surface area (Å²) in [4.78, 5) is 17.4. The van der Waals surface area contributed by atoms with Gasteiger partial charge in [0.2, 0.25) is 5.91 Å². The van der Waals surface area contributed by atoms with Crippen LogP contribution in [0.1, 0.15) is 69.1 Å². The average molecular weight is 369 g/mol. The Morgan fingerprint density at radius 2 is 2.04 bits per heavy atom. The van der Waals surface area contributed by atoms with Crippen molar-refractivity contribution < 1.29 is 4.79 Å². The minimum atomic E-state index is 0.167. The highest BCUT2D eigenvalue weighted by Crippen LogP contribution is 2.65. The van der Waals surface area contributed by atoms with Crippen LogP contribution >= 0.6 is 0 Å². The summed E-state index contributed by atoms with van der Waals surface area (Å²) >= 11 is 0. The third-order valence-corrected chi connectivity index (χ3v) is 8.02. The fourth-order valence-electron chi connectivity index (χ4n) is 5.73. The molecule has 0 spiro atoms. The van der Waals surface area contributed by atoms with E-state index in [9.17, 15) is 4.79 Å². The summed E-state index contributed by atoms with van der Waals surface area (Å²) in [5, 5.41) is 7.90. The van der Waals surface area contributed by atoms with E-state index < -0.39 is 0 Å². The van der Waals surface area contributed by atoms with Crippen molar-refractivity contribution in [2.75, 3.05) is 0 Å². The quantitative estimate of drug-likeness (QED) is 0.890. The highest BCUT2D eigenvalue weighted by molar-refractivity contribution is 5.76. The van der Waals surface area contributed by atoms with E-state index in [1.54, 1.807) is 0 Å². The van der Waals surface area contributed by atoms with Crippen LogP contribution in [0.5, 0.6) is 0 Å². The molecule has 2 saturated carbocycles. The van der Waals surface area contributed by atoms with Gasteiger partial charge in [0.25, 0.3) is 0 Å². The number of aromatic nitrogens is 3. The molecule has 2 aliphatic carbocycles. The molecule has 2 aromatic rings. The highest BCUT2D eigenvalue weighted by Gasteiger charge is 2.61. The van der Waals surface area contributed by atoms with Crippen molar-refractivity contribution in [3.8, 4) is 0 Å². The molecular formula is C22H32N4O. The van der Waals surface area contributed by atoms with Crippen molar-refractivity contribution in [3.05, 3.63) is 28.7 Å². The number of aryl methyl sites for hydroxylation is 3. The highest BCUT2D eigenvalue weighted by atomic mass is 16.1. The Labute approximate surface area is 161 Å². The predicted octanol–water partition coefficient (Wildman–Crippen LogP) is 3.92. The second-order valence-corrected chi connectivity index (χ2v) is 9.55. The Morgan fingerprint density at radius 1 is 1.30 bits per heavy atom. The first kappa shape index (κ1) is 18.5. The molecule has 0 saturated heterocycles. The molecule has 5 nitrogen and oxygen atoms in total. The van der Waals surface area contributed by atoms with Crippen LogP contribution in [0.4, 0.5) is 0 Å². The zero-order chi connectivity index (χ0) is 19.6. The van der Waals surface area contributed by atoms with Crippen LogP contribution < -0.4 is 5.32 Å². The summed E-state index contributed by atoms with van der Waals surface area (Å²) in [6, 6.07) is 2.31. The Balaban J connectivity index is 1.45. The Morgan fingerprint density at radius 3 is 2.67 bits per heavy atom. The molecule has 0 aromatic carbocycles. The number of rotatable bonds is 4. The third kappa shape index (κ3) is 2.69. The van der Waals surface area contributed by atoms with Gasteiger partial charge in [-0.1, -0.05) is 20.8 Å². The van der Waals surface area contributed by atoms with E-state index >= 15 is 0 Å². The molecule has 2 bridgehead atoms. The van der Waals surface area contributed by atoms with Crippen LogP contribution in [0.3, 0.4) is 0 Å². The van der Waals surface area contributed by atoms with Gasteiger partial charge in [0.15, 0.2) is 5.65 Å². The van der Waals surface area contributed by atoms with Gasteiger partial charge in [0.05, 0.1) is 5.69 Å². The smallest absolute Gasteiger partial charge is 0.220 e. The van der Waals surface area contributed by atoms with Gasteiger partial charge < -0.3 is 5.32 Å². The Hall–Kier alpha value is -1.91. The molecule has 2 aromatic heterocycles. The van der Waals surface area contributed by atoms with Gasteiger partial charge in [-0.2, -0.15) is 5.10 Å². The maximum atomic E-state index is 12.7. The standard InChI is InChI=1S/C22H32N4O/c1-13-11-19-23-14(2)17(15(3)26(19)25-13)7-8-20(27)24-18-12-16-9-10-22(18,6)21(16,4)5/h11,16,18H,7-10,12H2,1-6H3,(H,24,27)/t16-,18+,22-/m1/s1. The van der Waals surface area contributed by atoms with Gasteiger partial charge in [0, 0.05) is 29.9 Å². The molecule has 2 aliphatic rings. The predicted molar refractivity (Wildman–Crippen MR) is 107 cm³/mol. The van der Waals surface area contributed by atoms with Gasteiger partial charge in [0.1, 0.15) is 0 Å². The van der Waals surface area contributed by atoms with E-state index in [1.807, 2.05) is 24.4 Å². The Bertz CT molecular complexity index is 913. The first-order valence-corrected chi connectivity index (χ1v) is 10.3. The van der Waals surface area contributed by atoms with Crippen molar-refractivity contribution in [2.24, 2.45) is 16.7 Å². The minimum Gasteiger partial charge on any atom is -0.353 e. The van der Waals surface area contributed by atoms with E-state index in [-0.39, 0.29) is 11.3 Å². The van der Waals surface area contributed by atoms with Crippen molar-refractivity contribution >= 4 is 11.6 Å². The molecule has 2 fully saturated rings. The van der Waals surface area contributed by atoms with Crippen LogP contribution in [-0.4, -0.2) is 26.5 Å². The van der Waals surface area contributed by atoms with Gasteiger partial charge in [-0.05, 0) is 68.8 Å². The molecule has 5 heteroatoms. The lowest BCUT2D eigenvalue weighted by Crippen LogP contribution is -2.46. The monoisotopic (exact) mass is 368 g/mol. The molecular weight excluding hydrogens is 336 g/mol. The maximum absolute atomic E-state index is 12.7. The summed E-state index contributed by atoms with van der Waals surface area (Å²) < 4.78 is 1.90. The van der Waals surface area contributed by atoms with Crippen molar-refractivity contribution in [2.45, 2.75) is 79.7 Å². The number of hydrogen-bond acceptors (Lipinski definition) is 3. The molecule has 2 heterocycles. The first-order valence-electron chi connectivity index (χ1n) is 10.3. The summed E-state index contributed by atoms with van der Waals surface area (Å²) in [7, 11) is 0. The van der Waals surface area contributed by atoms with Crippen LogP contribution in [-0.2, 0) is 11.2 Å². The topological polar surface area (TPSA) is 59.3 Å². The Kier molecular flexibility index (Phi) is 4.13. The molecule has 27 heavy (non-hydrogen) atoms. The molecule has 1 amide bonds. The molecule has 0 radical (unpaired) electrons. The number of amides is 1. The summed E-state index contributed by atoms with van der Waals surface area (Å²) in [6.45, 7) is 13.2. The van der Waals surface area contributed by atoms with Crippen LogP contribution in [0, 0.1) is 37.5 Å². The SMILES string of the molecule is Cc1cc2nc(C)c(CCC(=O)N[C@H]3C[C@H]4CC[C@@]3(C)C4(C)C)c(C)n2n1. The van der Waals surface area contributed by atoms with Crippen molar-refractivity contribution in [3.63, 3.8) is 0 Å². The number of nitrogens with one attached hydrogen (secondary N) is 1. The summed E-state index contributed by atoms with van der Waals surface area (Å²) in [5.74, 6) is 0.909. The van der Waals surface area contributed by atoms with Crippen LogP contribution in [0.2, 0.25) is 0 Å². The second-order valence-electron chi connectivity index (χ2n) is 9.55. The summed E-state index contributed by atoms with van der Waals surface area (Å²) in [5.41, 5.74) is 5.63. The fraction of sp³-hybridized carbons (Fsp3) is 0.682. The van der Waals surface area contributed by atoms with E-state index in [0.29, 0.717) is 24.3 Å². The van der Waals surface area contributed by atoms with Gasteiger partial charge >= 0.3 is 0 Å². The molecule has 0 unspecified atom stereocenters. The van der Waals surface area contributed by atoms with Gasteiger partial charge in [-0.15, -0.1) is 0 Å². The molecule has 0 aliphatic heterocycles. The molecule has 4 rings (SSSR count). The number of fused-ring (bicyclic) bond motifs is 3. The fourth-order valence-corrected chi connectivity index (χ4v) is 5.73. The van der Waals surface area contributed by atoms with Crippen LogP contribution in [0.25, 0.3) is 5.65 Å². The van der Waals surface area contributed by atoms with E-state index in [2.05, 4.69) is 43.1 Å². The number of hydrogen-bond donors (Lipinski definition) is 1. The molecule has 1 N–H and O–H groups in total. The lowest BCUT2D eigenvalue weighted by Gasteiger charge is -2.39. The molecule has 146 valence electrons. The lowest BCUT2D eigenvalue weighted by molar-refractivity contribution is -0.122. The van der Waals surface area contributed by atoms with Crippen molar-refractivity contribution in [1.82, 2.24) is 19.9 Å². The minimum absolute atomic E-state index is 0.167. The number of carbonyl (C=O) groups is 1. The lowest BCUT2D eigenvalue weighted by atomic mass is 9.69. The maximum Gasteiger partial charge on any atom is 0.220 e. The summed E-state index contributed by atoms with van der Waals surface area (Å²) in [6.07, 6.45) is 4.89. The first-order chi connectivity index (χ1) is 12.6. The number of nitrogens with zero attached hydrogens (tertiary/aromatic N) is 3. The van der Waals surface area contributed by atoms with E-state index in [1.165, 1.54) is 12.8 Å². The largest absolute Gasteiger partial charge is 0.353 e.